The Balaban J connectivity index is 2.36. The molecule has 0 radical (unpaired) electrons. The van der Waals surface area contributed by atoms with Crippen LogP contribution in [0.3, 0.4) is 0 Å². The smallest absolute Gasteiger partial charge is 0.0969 e. The van der Waals surface area contributed by atoms with Crippen LogP contribution in [-0.4, -0.2) is 10.6 Å². The zero-order chi connectivity index (χ0) is 7.84. The maximum atomic E-state index is 5.95. The van der Waals surface area contributed by atoms with Crippen molar-refractivity contribution in [2.24, 2.45) is 0 Å². The molecule has 2 heterocycles. The molecule has 0 N–H and O–H groups in total. The monoisotopic (exact) mass is 252 g/mol. The van der Waals surface area contributed by atoms with E-state index < -0.39 is 0 Å². The van der Waals surface area contributed by atoms with Crippen LogP contribution in [-0.2, 0) is 6.54 Å². The SMILES string of the molecule is ClN1CN(Br)Cc2sccc21. The lowest BCUT2D eigenvalue weighted by Crippen LogP contribution is -2.29. The molecule has 11 heavy (non-hydrogen) atoms. The first-order valence-electron chi connectivity index (χ1n) is 3.18. The Bertz CT molecular complexity index is 265. The van der Waals surface area contributed by atoms with Gasteiger partial charge in [0, 0.05) is 39.3 Å². The molecule has 2 rings (SSSR count). The first kappa shape index (κ1) is 7.86. The predicted molar refractivity (Wildman–Crippen MR) is 52.0 cm³/mol. The van der Waals surface area contributed by atoms with Crippen LogP contribution in [0.1, 0.15) is 4.88 Å². The minimum Gasteiger partial charge on any atom is -0.269 e. The van der Waals surface area contributed by atoms with Gasteiger partial charge < -0.3 is 0 Å². The summed E-state index contributed by atoms with van der Waals surface area (Å²) >= 11 is 11.1. The molecule has 60 valence electrons. The summed E-state index contributed by atoms with van der Waals surface area (Å²) in [5.41, 5.74) is 1.15. The summed E-state index contributed by atoms with van der Waals surface area (Å²) in [5, 5.41) is 2.06. The summed E-state index contributed by atoms with van der Waals surface area (Å²) in [7, 11) is 0. The molecule has 0 saturated carbocycles. The van der Waals surface area contributed by atoms with Gasteiger partial charge in [-0.15, -0.1) is 11.3 Å². The zero-order valence-corrected chi connectivity index (χ0v) is 8.79. The van der Waals surface area contributed by atoms with Crippen molar-refractivity contribution in [2.75, 3.05) is 11.1 Å². The van der Waals surface area contributed by atoms with Crippen molar-refractivity contribution in [2.45, 2.75) is 6.54 Å². The Morgan fingerprint density at radius 3 is 3.27 bits per heavy atom. The quantitative estimate of drug-likeness (QED) is 0.656. The van der Waals surface area contributed by atoms with Crippen molar-refractivity contribution in [3.63, 3.8) is 0 Å². The summed E-state index contributed by atoms with van der Waals surface area (Å²) in [6.45, 7) is 1.67. The molecule has 0 amide bonds. The van der Waals surface area contributed by atoms with Crippen LogP contribution >= 0.6 is 39.3 Å². The van der Waals surface area contributed by atoms with Crippen LogP contribution in [0, 0.1) is 0 Å². The lowest BCUT2D eigenvalue weighted by molar-refractivity contribution is 0.488. The molecule has 5 heteroatoms. The van der Waals surface area contributed by atoms with Crippen molar-refractivity contribution in [1.29, 1.82) is 0 Å². The summed E-state index contributed by atoms with van der Waals surface area (Å²) in [5.74, 6) is 0. The van der Waals surface area contributed by atoms with E-state index in [1.165, 1.54) is 4.88 Å². The summed E-state index contributed by atoms with van der Waals surface area (Å²) in [6.07, 6.45) is 0. The normalized spacial score (nSPS) is 18.5. The molecular weight excluding hydrogens is 248 g/mol. The van der Waals surface area contributed by atoms with E-state index in [1.807, 2.05) is 9.99 Å². The minimum absolute atomic E-state index is 0.727. The topological polar surface area (TPSA) is 6.48 Å². The molecular formula is C6H6BrClN2S. The van der Waals surface area contributed by atoms with Gasteiger partial charge in [0.05, 0.1) is 12.4 Å². The highest BCUT2D eigenvalue weighted by Crippen LogP contribution is 2.33. The summed E-state index contributed by atoms with van der Waals surface area (Å²) in [4.78, 5) is 1.31. The van der Waals surface area contributed by atoms with Gasteiger partial charge in [0.2, 0.25) is 0 Å². The van der Waals surface area contributed by atoms with E-state index in [0.717, 1.165) is 18.9 Å². The van der Waals surface area contributed by atoms with Crippen LogP contribution < -0.4 is 4.42 Å². The van der Waals surface area contributed by atoms with Crippen molar-refractivity contribution in [3.05, 3.63) is 16.3 Å². The van der Waals surface area contributed by atoms with Gasteiger partial charge in [-0.1, -0.05) is 0 Å². The van der Waals surface area contributed by atoms with E-state index in [1.54, 1.807) is 15.8 Å². The Morgan fingerprint density at radius 1 is 1.64 bits per heavy atom. The van der Waals surface area contributed by atoms with Gasteiger partial charge in [-0.3, -0.25) is 4.42 Å². The second-order valence-electron chi connectivity index (χ2n) is 2.35. The van der Waals surface area contributed by atoms with E-state index in [0.29, 0.717) is 0 Å². The van der Waals surface area contributed by atoms with Crippen molar-refractivity contribution in [1.82, 2.24) is 3.93 Å². The predicted octanol–water partition coefficient (Wildman–Crippen LogP) is 2.79. The fraction of sp³-hybridized carbons (Fsp3) is 0.333. The van der Waals surface area contributed by atoms with E-state index >= 15 is 0 Å². The summed E-state index contributed by atoms with van der Waals surface area (Å²) < 4.78 is 3.71. The van der Waals surface area contributed by atoms with Crippen LogP contribution in [0.2, 0.25) is 0 Å². The molecule has 1 aromatic rings. The molecule has 0 unspecified atom stereocenters. The van der Waals surface area contributed by atoms with E-state index in [2.05, 4.69) is 21.5 Å². The lowest BCUT2D eigenvalue weighted by atomic mass is 10.3. The van der Waals surface area contributed by atoms with Crippen LogP contribution in [0.15, 0.2) is 11.4 Å². The Hall–Kier alpha value is 0.230. The number of nitrogens with zero attached hydrogens (tertiary/aromatic N) is 2. The highest BCUT2D eigenvalue weighted by atomic mass is 79.9. The summed E-state index contributed by atoms with van der Waals surface area (Å²) in [6, 6.07) is 2.05. The highest BCUT2D eigenvalue weighted by molar-refractivity contribution is 9.07. The van der Waals surface area contributed by atoms with Crippen LogP contribution in [0.25, 0.3) is 0 Å². The van der Waals surface area contributed by atoms with Gasteiger partial charge >= 0.3 is 0 Å². The third-order valence-corrected chi connectivity index (χ3v) is 3.24. The molecule has 1 aromatic heterocycles. The number of rotatable bonds is 0. The van der Waals surface area contributed by atoms with Crippen LogP contribution in [0.4, 0.5) is 5.69 Å². The molecule has 0 spiro atoms. The Labute approximate surface area is 82.8 Å². The minimum atomic E-state index is 0.727. The molecule has 0 aliphatic carbocycles. The molecule has 0 bridgehead atoms. The maximum absolute atomic E-state index is 5.95. The fourth-order valence-corrected chi connectivity index (χ4v) is 3.08. The van der Waals surface area contributed by atoms with Crippen LogP contribution in [0.5, 0.6) is 0 Å². The first-order chi connectivity index (χ1) is 5.27. The number of hydrogen-bond donors (Lipinski definition) is 0. The third kappa shape index (κ3) is 1.40. The molecule has 2 nitrogen and oxygen atoms in total. The average molecular weight is 254 g/mol. The number of halogens is 2. The molecule has 0 fully saturated rings. The maximum Gasteiger partial charge on any atom is 0.0969 e. The number of thiophene rings is 1. The standard InChI is InChI=1S/C6H6BrClN2S/c7-9-3-6-5(1-2-11-6)10(8)4-9/h1-2H,3-4H2. The van der Waals surface area contributed by atoms with Gasteiger partial charge in [-0.05, 0) is 11.4 Å². The van der Waals surface area contributed by atoms with E-state index in [-0.39, 0.29) is 0 Å². The van der Waals surface area contributed by atoms with Gasteiger partial charge in [0.1, 0.15) is 0 Å². The fourth-order valence-electron chi connectivity index (χ4n) is 1.09. The van der Waals surface area contributed by atoms with Gasteiger partial charge in [0.15, 0.2) is 0 Å². The average Bonchev–Trinajstić information content (AvgIpc) is 2.34. The largest absolute Gasteiger partial charge is 0.269 e. The molecule has 0 atom stereocenters. The molecule has 0 saturated heterocycles. The second-order valence-corrected chi connectivity index (χ2v) is 4.77. The number of hydrogen-bond acceptors (Lipinski definition) is 3. The molecule has 1 aliphatic heterocycles. The second kappa shape index (κ2) is 2.94. The third-order valence-electron chi connectivity index (χ3n) is 1.58. The van der Waals surface area contributed by atoms with Crippen molar-refractivity contribution >= 4 is 44.9 Å². The molecule has 1 aliphatic rings. The number of anilines is 1. The highest BCUT2D eigenvalue weighted by Gasteiger charge is 2.20. The Morgan fingerprint density at radius 2 is 2.45 bits per heavy atom. The van der Waals surface area contributed by atoms with Crippen molar-refractivity contribution in [3.8, 4) is 0 Å². The lowest BCUT2D eigenvalue weighted by Gasteiger charge is -2.27. The number of fused-ring (bicyclic) bond motifs is 1. The van der Waals surface area contributed by atoms with E-state index in [4.69, 9.17) is 11.8 Å². The van der Waals surface area contributed by atoms with E-state index in [9.17, 15) is 0 Å². The molecule has 0 aromatic carbocycles. The van der Waals surface area contributed by atoms with Crippen molar-refractivity contribution < 1.29 is 0 Å². The van der Waals surface area contributed by atoms with Gasteiger partial charge in [-0.25, -0.2) is 3.93 Å². The zero-order valence-electron chi connectivity index (χ0n) is 5.63. The Kier molecular flexibility index (Phi) is 2.10. The van der Waals surface area contributed by atoms with Gasteiger partial charge in [-0.2, -0.15) is 0 Å². The van der Waals surface area contributed by atoms with Gasteiger partial charge in [0.25, 0.3) is 0 Å². The first-order valence-corrected chi connectivity index (χ1v) is 5.10.